The van der Waals surface area contributed by atoms with Crippen LogP contribution in [0.5, 0.6) is 0 Å². The van der Waals surface area contributed by atoms with Gasteiger partial charge in [-0.05, 0) is 42.8 Å². The fourth-order valence-corrected chi connectivity index (χ4v) is 4.96. The van der Waals surface area contributed by atoms with Gasteiger partial charge < -0.3 is 14.5 Å². The molecular formula is C21H20ClN3O6S. The smallest absolute Gasteiger partial charge is 0.338 e. The number of ether oxygens (including phenoxy) is 2. The molecule has 168 valence electrons. The van der Waals surface area contributed by atoms with Gasteiger partial charge in [-0.25, -0.2) is 18.2 Å². The number of H-pyrrole nitrogens is 1. The van der Waals surface area contributed by atoms with Crippen LogP contribution in [0.1, 0.15) is 21.7 Å². The molecule has 1 aliphatic heterocycles. The van der Waals surface area contributed by atoms with E-state index in [1.165, 1.54) is 16.4 Å². The van der Waals surface area contributed by atoms with Crippen LogP contribution in [0.4, 0.5) is 0 Å². The minimum Gasteiger partial charge on any atom is -0.454 e. The molecule has 0 amide bonds. The van der Waals surface area contributed by atoms with Crippen molar-refractivity contribution >= 4 is 38.5 Å². The molecule has 0 atom stereocenters. The van der Waals surface area contributed by atoms with Gasteiger partial charge >= 0.3 is 5.97 Å². The molecule has 3 aromatic rings. The van der Waals surface area contributed by atoms with Crippen molar-refractivity contribution in [1.82, 2.24) is 14.3 Å². The summed E-state index contributed by atoms with van der Waals surface area (Å²) < 4.78 is 37.6. The molecule has 1 saturated heterocycles. The quantitative estimate of drug-likeness (QED) is 0.560. The van der Waals surface area contributed by atoms with Gasteiger partial charge in [0.1, 0.15) is 12.4 Å². The molecule has 4 rings (SSSR count). The van der Waals surface area contributed by atoms with Crippen LogP contribution in [0.2, 0.25) is 5.02 Å². The molecular weight excluding hydrogens is 458 g/mol. The van der Waals surface area contributed by atoms with Gasteiger partial charge in [0.15, 0.2) is 0 Å². The summed E-state index contributed by atoms with van der Waals surface area (Å²) in [5.74, 6) is -0.580. The lowest BCUT2D eigenvalue weighted by atomic mass is 10.1. The average Bonchev–Trinajstić information content (AvgIpc) is 2.78. The van der Waals surface area contributed by atoms with Gasteiger partial charge in [0, 0.05) is 18.1 Å². The molecule has 0 bridgehead atoms. The number of sulfonamides is 1. The number of nitrogens with zero attached hydrogens (tertiary/aromatic N) is 2. The highest BCUT2D eigenvalue weighted by atomic mass is 35.5. The predicted molar refractivity (Wildman–Crippen MR) is 117 cm³/mol. The van der Waals surface area contributed by atoms with E-state index < -0.39 is 16.0 Å². The lowest BCUT2D eigenvalue weighted by Crippen LogP contribution is -2.40. The first-order valence-electron chi connectivity index (χ1n) is 9.80. The molecule has 0 unspecified atom stereocenters. The number of hydrogen-bond donors (Lipinski definition) is 1. The van der Waals surface area contributed by atoms with Crippen molar-refractivity contribution in [2.45, 2.75) is 18.4 Å². The Morgan fingerprint density at radius 2 is 1.97 bits per heavy atom. The Kier molecular flexibility index (Phi) is 6.29. The Balaban J connectivity index is 1.55. The summed E-state index contributed by atoms with van der Waals surface area (Å²) in [5.41, 5.74) is 0.669. The summed E-state index contributed by atoms with van der Waals surface area (Å²) in [6, 6.07) is 9.01. The van der Waals surface area contributed by atoms with Gasteiger partial charge in [0.05, 0.1) is 34.6 Å². The van der Waals surface area contributed by atoms with Crippen LogP contribution < -0.4 is 5.56 Å². The maximum Gasteiger partial charge on any atom is 0.338 e. The number of halogens is 1. The summed E-state index contributed by atoms with van der Waals surface area (Å²) in [4.78, 5) is 31.8. The molecule has 1 fully saturated rings. The zero-order valence-corrected chi connectivity index (χ0v) is 18.7. The molecule has 32 heavy (non-hydrogen) atoms. The van der Waals surface area contributed by atoms with E-state index in [-0.39, 0.29) is 41.5 Å². The van der Waals surface area contributed by atoms with E-state index in [1.54, 1.807) is 31.2 Å². The molecule has 2 heterocycles. The number of aryl methyl sites for hydroxylation is 1. The van der Waals surface area contributed by atoms with Crippen molar-refractivity contribution in [3.8, 4) is 0 Å². The van der Waals surface area contributed by atoms with E-state index in [2.05, 4.69) is 9.97 Å². The normalized spacial score (nSPS) is 15.1. The third kappa shape index (κ3) is 4.53. The maximum atomic E-state index is 12.9. The highest BCUT2D eigenvalue weighted by Gasteiger charge is 2.27. The van der Waals surface area contributed by atoms with Gasteiger partial charge in [-0.3, -0.25) is 4.79 Å². The van der Waals surface area contributed by atoms with Crippen LogP contribution >= 0.6 is 11.6 Å². The summed E-state index contributed by atoms with van der Waals surface area (Å²) in [7, 11) is -3.76. The standard InChI is InChI=1S/C21H20ClN3O6S/c1-13-2-4-15(32(28,29)25-6-8-30-9-7-25)11-17(13)21(27)31-12-19-23-18-10-14(22)3-5-16(18)20(26)24-19/h2-5,10-11H,6-9,12H2,1H3,(H,23,24,26). The van der Waals surface area contributed by atoms with Crippen molar-refractivity contribution in [2.75, 3.05) is 26.3 Å². The molecule has 0 spiro atoms. The minimum absolute atomic E-state index is 0.00355. The minimum atomic E-state index is -3.76. The first kappa shape index (κ1) is 22.4. The third-order valence-electron chi connectivity index (χ3n) is 5.09. The molecule has 11 heteroatoms. The Labute approximate surface area is 189 Å². The molecule has 0 saturated carbocycles. The number of benzene rings is 2. The lowest BCUT2D eigenvalue weighted by molar-refractivity contribution is 0.0461. The van der Waals surface area contributed by atoms with Gasteiger partial charge in [0.2, 0.25) is 10.0 Å². The van der Waals surface area contributed by atoms with Gasteiger partial charge in [-0.2, -0.15) is 4.31 Å². The maximum absolute atomic E-state index is 12.9. The highest BCUT2D eigenvalue weighted by Crippen LogP contribution is 2.21. The van der Waals surface area contributed by atoms with Gasteiger partial charge in [0.25, 0.3) is 5.56 Å². The first-order chi connectivity index (χ1) is 15.3. The second-order valence-electron chi connectivity index (χ2n) is 7.24. The average molecular weight is 478 g/mol. The van der Waals surface area contributed by atoms with Crippen LogP contribution in [0.25, 0.3) is 10.9 Å². The number of carbonyl (C=O) groups excluding carboxylic acids is 1. The van der Waals surface area contributed by atoms with Gasteiger partial charge in [-0.15, -0.1) is 0 Å². The number of esters is 1. The van der Waals surface area contributed by atoms with E-state index in [1.807, 2.05) is 0 Å². The molecule has 1 aliphatic rings. The molecule has 1 aromatic heterocycles. The fourth-order valence-electron chi connectivity index (χ4n) is 3.36. The number of hydrogen-bond acceptors (Lipinski definition) is 7. The lowest BCUT2D eigenvalue weighted by Gasteiger charge is -2.26. The first-order valence-corrected chi connectivity index (χ1v) is 11.6. The predicted octanol–water partition coefficient (Wildman–Crippen LogP) is 2.26. The van der Waals surface area contributed by atoms with Crippen LogP contribution in [0.15, 0.2) is 46.1 Å². The number of carbonyl (C=O) groups is 1. The van der Waals surface area contributed by atoms with Gasteiger partial charge in [-0.1, -0.05) is 17.7 Å². The van der Waals surface area contributed by atoms with Crippen LogP contribution in [-0.4, -0.2) is 55.0 Å². The Morgan fingerprint density at radius 1 is 1.22 bits per heavy atom. The fraction of sp³-hybridized carbons (Fsp3) is 0.286. The van der Waals surface area contributed by atoms with E-state index in [4.69, 9.17) is 21.1 Å². The van der Waals surface area contributed by atoms with Crippen molar-refractivity contribution in [1.29, 1.82) is 0 Å². The molecule has 0 aliphatic carbocycles. The number of morpholine rings is 1. The summed E-state index contributed by atoms with van der Waals surface area (Å²) in [6.07, 6.45) is 0. The number of fused-ring (bicyclic) bond motifs is 1. The van der Waals surface area contributed by atoms with Crippen LogP contribution in [0, 0.1) is 6.92 Å². The zero-order valence-electron chi connectivity index (χ0n) is 17.1. The summed E-state index contributed by atoms with van der Waals surface area (Å²) in [6.45, 7) is 2.53. The summed E-state index contributed by atoms with van der Waals surface area (Å²) in [5, 5.41) is 0.786. The van der Waals surface area contributed by atoms with Crippen LogP contribution in [0.3, 0.4) is 0 Å². The highest BCUT2D eigenvalue weighted by molar-refractivity contribution is 7.89. The van der Waals surface area contributed by atoms with E-state index in [9.17, 15) is 18.0 Å². The van der Waals surface area contributed by atoms with Crippen molar-refractivity contribution < 1.29 is 22.7 Å². The molecule has 1 N–H and O–H groups in total. The number of rotatable bonds is 5. The SMILES string of the molecule is Cc1ccc(S(=O)(=O)N2CCOCC2)cc1C(=O)OCc1nc2cc(Cl)ccc2c(=O)[nH]1. The Hall–Kier alpha value is -2.79. The summed E-state index contributed by atoms with van der Waals surface area (Å²) >= 11 is 5.96. The number of aromatic amines is 1. The molecule has 0 radical (unpaired) electrons. The molecule has 9 nitrogen and oxygen atoms in total. The van der Waals surface area contributed by atoms with Crippen molar-refractivity contribution in [3.63, 3.8) is 0 Å². The number of nitrogens with one attached hydrogen (secondary N) is 1. The second-order valence-corrected chi connectivity index (χ2v) is 9.62. The van der Waals surface area contributed by atoms with Crippen molar-refractivity contribution in [3.05, 3.63) is 68.7 Å². The zero-order chi connectivity index (χ0) is 22.9. The van der Waals surface area contributed by atoms with Crippen molar-refractivity contribution in [2.24, 2.45) is 0 Å². The monoisotopic (exact) mass is 477 g/mol. The van der Waals surface area contributed by atoms with Crippen LogP contribution in [-0.2, 0) is 26.1 Å². The van der Waals surface area contributed by atoms with E-state index >= 15 is 0 Å². The third-order valence-corrected chi connectivity index (χ3v) is 7.22. The largest absolute Gasteiger partial charge is 0.454 e. The molecule has 2 aromatic carbocycles. The second kappa shape index (κ2) is 8.99. The number of aromatic nitrogens is 2. The van der Waals surface area contributed by atoms with E-state index in [0.717, 1.165) is 0 Å². The Morgan fingerprint density at radius 3 is 2.72 bits per heavy atom. The Bertz CT molecular complexity index is 1350. The topological polar surface area (TPSA) is 119 Å². The van der Waals surface area contributed by atoms with E-state index in [0.29, 0.717) is 34.7 Å².